The second-order valence-corrected chi connectivity index (χ2v) is 6.70. The Morgan fingerprint density at radius 3 is 1.15 bits per heavy atom. The largest absolute Gasteiger partial charge is 1.00 e. The van der Waals surface area contributed by atoms with Crippen molar-refractivity contribution in [1.29, 1.82) is 0 Å². The summed E-state index contributed by atoms with van der Waals surface area (Å²) in [5, 5.41) is 26.8. The summed E-state index contributed by atoms with van der Waals surface area (Å²) < 4.78 is 0. The first-order valence-electron chi connectivity index (χ1n) is 10.4. The van der Waals surface area contributed by atoms with E-state index in [4.69, 9.17) is 21.7 Å². The first-order valence-corrected chi connectivity index (χ1v) is 10.4. The molecular weight excluding hydrogens is 694 g/mol. The molecule has 0 aliphatic rings. The summed E-state index contributed by atoms with van der Waals surface area (Å²) in [7, 11) is 0. The van der Waals surface area contributed by atoms with E-state index in [0.717, 1.165) is 0 Å². The normalized spacial score (nSPS) is 8.44. The minimum atomic E-state index is -1.19. The molecule has 1 radical (unpaired) electrons. The number of anilines is 2. The Kier molecular flexibility index (Phi) is 29.6. The van der Waals surface area contributed by atoms with Gasteiger partial charge in [-0.15, -0.1) is 0 Å². The quantitative estimate of drug-likeness (QED) is 0.0772. The van der Waals surface area contributed by atoms with Crippen LogP contribution in [-0.2, 0) is 81.0 Å². The molecule has 41 heavy (non-hydrogen) atoms. The fourth-order valence-corrected chi connectivity index (χ4v) is 2.45. The summed E-state index contributed by atoms with van der Waals surface area (Å²) in [6.45, 7) is 0.773. The van der Waals surface area contributed by atoms with Crippen LogP contribution in [-0.4, -0.2) is 72.0 Å². The maximum atomic E-state index is 11.4. The van der Waals surface area contributed by atoms with Crippen LogP contribution in [0.2, 0.25) is 0 Å². The molecule has 2 rings (SSSR count). The van der Waals surface area contributed by atoms with Crippen molar-refractivity contribution in [3.05, 3.63) is 59.7 Å². The number of carbonyl (C=O) groups is 6. The summed E-state index contributed by atoms with van der Waals surface area (Å²) in [5.74, 6) is -5.96. The van der Waals surface area contributed by atoms with Crippen LogP contribution in [0.25, 0.3) is 0 Å². The molecule has 0 atom stereocenters. The van der Waals surface area contributed by atoms with Crippen LogP contribution in [0.1, 0.15) is 20.7 Å². The molecule has 0 heterocycles. The zero-order valence-electron chi connectivity index (χ0n) is 21.0. The molecule has 0 saturated heterocycles. The number of nitrogens with one attached hydrogen (secondary N) is 4. The van der Waals surface area contributed by atoms with Crippen molar-refractivity contribution in [1.82, 2.24) is 10.6 Å². The number of hydrogen-bond donors (Lipinski definition) is 8. The van der Waals surface area contributed by atoms with Crippen LogP contribution in [0.5, 0.6) is 0 Å². The molecule has 0 aliphatic carbocycles. The third-order valence-electron chi connectivity index (χ3n) is 4.08. The van der Waals surface area contributed by atoms with Gasteiger partial charge in [0.15, 0.2) is 0 Å². The monoisotopic (exact) mass is 725 g/mol. The number of benzene rings is 2. The summed E-state index contributed by atoms with van der Waals surface area (Å²) in [6, 6.07) is 11.6. The van der Waals surface area contributed by atoms with Gasteiger partial charge in [-0.05, 0) is 24.3 Å². The standard InChI is InChI=1S/2C11H13N3O4.Co.2Cu.2H2O/c2*12-5-6-13-9(15)10(16)14-8-4-2-1-3-7(8)11(17)18;;;;;/h2*1-4H,5-6,12H2,(H,13,15)(H,14,16)(H,17,18);;;;2*1H2/q;;;2*+1;;/p+2. The number of aromatic carboxylic acids is 2. The Morgan fingerprint density at radius 1 is 0.585 bits per heavy atom. The van der Waals surface area contributed by atoms with Crippen LogP contribution in [0, 0.1) is 0 Å². The number of carboxylic acid groups (broad SMARTS) is 2. The number of carbonyl (C=O) groups excluding carboxylic acids is 4. The van der Waals surface area contributed by atoms with E-state index in [1.807, 2.05) is 0 Å². The van der Waals surface area contributed by atoms with Gasteiger partial charge in [0.2, 0.25) is 0 Å². The van der Waals surface area contributed by atoms with E-state index in [1.165, 1.54) is 36.4 Å². The van der Waals surface area contributed by atoms with E-state index in [2.05, 4.69) is 21.3 Å². The molecule has 0 spiro atoms. The van der Waals surface area contributed by atoms with Crippen LogP contribution < -0.4 is 32.7 Å². The predicted molar refractivity (Wildman–Crippen MR) is 138 cm³/mol. The van der Waals surface area contributed by atoms with E-state index in [1.54, 1.807) is 12.1 Å². The van der Waals surface area contributed by atoms with Crippen LogP contribution in [0.4, 0.5) is 11.4 Å². The van der Waals surface area contributed by atoms with Crippen molar-refractivity contribution in [2.75, 3.05) is 36.8 Å². The third kappa shape index (κ3) is 17.1. The number of rotatable bonds is 8. The number of para-hydroxylation sites is 2. The second-order valence-electron chi connectivity index (χ2n) is 6.70. The average Bonchev–Trinajstić information content (AvgIpc) is 2.86. The van der Waals surface area contributed by atoms with E-state index >= 15 is 0 Å². The fourth-order valence-electron chi connectivity index (χ4n) is 2.45. The van der Waals surface area contributed by atoms with Gasteiger partial charge in [-0.1, -0.05) is 24.3 Å². The van der Waals surface area contributed by atoms with Gasteiger partial charge in [0, 0.05) is 43.0 Å². The van der Waals surface area contributed by atoms with E-state index in [-0.39, 0.29) is 111 Å². The van der Waals surface area contributed by atoms with Crippen molar-refractivity contribution >= 4 is 46.9 Å². The SMILES string of the molecule is NCCNC(=O)C(=O)Nc1ccccc1C(=O)O.NCCNC(=O)C(=O)Nc1ccccc1C(=O)O.[Co].[Cu+].[Cu+].[OH3+].[OH3+]. The molecule has 19 heteroatoms. The van der Waals surface area contributed by atoms with Crippen LogP contribution >= 0.6 is 0 Å². The van der Waals surface area contributed by atoms with Crippen molar-refractivity contribution in [3.8, 4) is 0 Å². The van der Waals surface area contributed by atoms with Gasteiger partial charge in [0.1, 0.15) is 0 Å². The molecular formula is C22H32CoCu2N6O10+4. The molecule has 0 bridgehead atoms. The van der Waals surface area contributed by atoms with Crippen molar-refractivity contribution in [3.63, 3.8) is 0 Å². The predicted octanol–water partition coefficient (Wildman–Crippen LogP) is -3.05. The number of carboxylic acids is 2. The van der Waals surface area contributed by atoms with Gasteiger partial charge in [0.05, 0.1) is 22.5 Å². The molecule has 16 N–H and O–H groups in total. The minimum Gasteiger partial charge on any atom is -0.478 e. The van der Waals surface area contributed by atoms with Crippen LogP contribution in [0.15, 0.2) is 48.5 Å². The molecule has 4 amide bonds. The van der Waals surface area contributed by atoms with E-state index in [9.17, 15) is 28.8 Å². The van der Waals surface area contributed by atoms with Crippen molar-refractivity contribution < 1.29 is 101 Å². The van der Waals surface area contributed by atoms with Gasteiger partial charge in [0.25, 0.3) is 0 Å². The summed E-state index contributed by atoms with van der Waals surface area (Å²) in [4.78, 5) is 67.1. The van der Waals surface area contributed by atoms with E-state index in [0.29, 0.717) is 0 Å². The molecule has 16 nitrogen and oxygen atoms in total. The van der Waals surface area contributed by atoms with E-state index < -0.39 is 35.6 Å². The molecule has 0 fully saturated rings. The smallest absolute Gasteiger partial charge is 0.478 e. The maximum Gasteiger partial charge on any atom is 1.00 e. The molecule has 0 aliphatic heterocycles. The Labute approximate surface area is 265 Å². The summed E-state index contributed by atoms with van der Waals surface area (Å²) in [6.07, 6.45) is 0. The maximum absolute atomic E-state index is 11.4. The zero-order valence-corrected chi connectivity index (χ0v) is 24.0. The minimum absolute atomic E-state index is 0. The van der Waals surface area contributed by atoms with Gasteiger partial charge < -0.3 is 53.9 Å². The van der Waals surface area contributed by atoms with Crippen LogP contribution in [0.3, 0.4) is 0 Å². The zero-order chi connectivity index (χ0) is 27.1. The van der Waals surface area contributed by atoms with Gasteiger partial charge in [-0.3, -0.25) is 19.2 Å². The Balaban J connectivity index is -0.000000188. The molecule has 2 aromatic carbocycles. The molecule has 0 unspecified atom stereocenters. The third-order valence-corrected chi connectivity index (χ3v) is 4.08. The average molecular weight is 727 g/mol. The van der Waals surface area contributed by atoms with Crippen molar-refractivity contribution in [2.24, 2.45) is 11.5 Å². The molecule has 2 aromatic rings. The molecule has 0 aromatic heterocycles. The van der Waals surface area contributed by atoms with Crippen molar-refractivity contribution in [2.45, 2.75) is 0 Å². The molecule has 0 saturated carbocycles. The van der Waals surface area contributed by atoms with Gasteiger partial charge in [-0.2, -0.15) is 0 Å². The summed E-state index contributed by atoms with van der Waals surface area (Å²) in [5.41, 5.74) is 10.3. The Bertz CT molecular complexity index is 1060. The topological polar surface area (TPSA) is 309 Å². The number of amides is 4. The second kappa shape index (κ2) is 25.6. The van der Waals surface area contributed by atoms with Gasteiger partial charge in [-0.25, -0.2) is 9.59 Å². The first kappa shape index (κ1) is 47.4. The van der Waals surface area contributed by atoms with Gasteiger partial charge >= 0.3 is 69.7 Å². The molecule has 237 valence electrons. The number of hydrogen-bond acceptors (Lipinski definition) is 8. The number of nitrogens with two attached hydrogens (primary N) is 2. The fraction of sp³-hybridized carbons (Fsp3) is 0.182. The first-order chi connectivity index (χ1) is 17.1. The Hall–Kier alpha value is -3.35. The summed E-state index contributed by atoms with van der Waals surface area (Å²) >= 11 is 0. The Morgan fingerprint density at radius 2 is 0.878 bits per heavy atom.